The molecule has 1 atom stereocenters. The van der Waals surface area contributed by atoms with Gasteiger partial charge in [-0.3, -0.25) is 4.99 Å². The number of thiazole rings is 1. The van der Waals surface area contributed by atoms with Gasteiger partial charge in [-0.1, -0.05) is 6.07 Å². The number of rotatable bonds is 5. The van der Waals surface area contributed by atoms with Gasteiger partial charge < -0.3 is 20.3 Å². The van der Waals surface area contributed by atoms with Crippen LogP contribution in [0.4, 0.5) is 5.69 Å². The van der Waals surface area contributed by atoms with Crippen LogP contribution < -0.4 is 20.3 Å². The van der Waals surface area contributed by atoms with Gasteiger partial charge in [0.2, 0.25) is 0 Å². The third kappa shape index (κ3) is 4.17. The lowest BCUT2D eigenvalue weighted by atomic mass is 10.2. The summed E-state index contributed by atoms with van der Waals surface area (Å²) in [7, 11) is 3.50. The van der Waals surface area contributed by atoms with Gasteiger partial charge in [0.15, 0.2) is 5.96 Å². The fourth-order valence-electron chi connectivity index (χ4n) is 2.81. The van der Waals surface area contributed by atoms with Gasteiger partial charge in [-0.05, 0) is 18.6 Å². The first-order chi connectivity index (χ1) is 11.8. The third-order valence-corrected chi connectivity index (χ3v) is 4.84. The molecule has 3 rings (SSSR count). The van der Waals surface area contributed by atoms with Gasteiger partial charge in [0, 0.05) is 49.5 Å². The first-order valence-corrected chi connectivity index (χ1v) is 8.91. The number of aromatic nitrogens is 1. The van der Waals surface area contributed by atoms with Gasteiger partial charge in [-0.25, -0.2) is 4.98 Å². The van der Waals surface area contributed by atoms with Crippen molar-refractivity contribution < 1.29 is 4.74 Å². The molecule has 2 aromatic rings. The summed E-state index contributed by atoms with van der Waals surface area (Å²) in [6.07, 6.45) is 2.90. The van der Waals surface area contributed by atoms with Crippen molar-refractivity contribution in [2.75, 3.05) is 32.1 Å². The number of anilines is 1. The van der Waals surface area contributed by atoms with Gasteiger partial charge in [0.25, 0.3) is 0 Å². The van der Waals surface area contributed by atoms with Crippen LogP contribution >= 0.6 is 11.3 Å². The van der Waals surface area contributed by atoms with E-state index in [1.165, 1.54) is 5.69 Å². The predicted octanol–water partition coefficient (Wildman–Crippen LogP) is 2.10. The summed E-state index contributed by atoms with van der Waals surface area (Å²) < 4.78 is 5.31. The molecule has 0 saturated carbocycles. The minimum atomic E-state index is 0.374. The Morgan fingerprint density at radius 1 is 1.50 bits per heavy atom. The summed E-state index contributed by atoms with van der Waals surface area (Å²) in [5, 5.41) is 9.86. The van der Waals surface area contributed by atoms with Gasteiger partial charge in [0.05, 0.1) is 13.7 Å². The number of benzene rings is 1. The maximum atomic E-state index is 5.31. The Morgan fingerprint density at radius 3 is 3.17 bits per heavy atom. The molecule has 0 amide bonds. The number of aliphatic imine (C=N–C) groups is 1. The average molecular weight is 345 g/mol. The van der Waals surface area contributed by atoms with Crippen LogP contribution in [-0.4, -0.2) is 44.2 Å². The lowest BCUT2D eigenvalue weighted by molar-refractivity contribution is 0.415. The molecule has 0 spiro atoms. The maximum Gasteiger partial charge on any atom is 0.191 e. The number of guanidine groups is 1. The van der Waals surface area contributed by atoms with E-state index in [1.807, 2.05) is 23.7 Å². The van der Waals surface area contributed by atoms with Crippen LogP contribution in [0.1, 0.15) is 11.4 Å². The van der Waals surface area contributed by atoms with Crippen LogP contribution in [0, 0.1) is 0 Å². The summed E-state index contributed by atoms with van der Waals surface area (Å²) in [4.78, 5) is 11.0. The van der Waals surface area contributed by atoms with Crippen molar-refractivity contribution in [1.82, 2.24) is 15.6 Å². The van der Waals surface area contributed by atoms with Crippen LogP contribution in [0.15, 0.2) is 40.8 Å². The molecule has 1 aliphatic heterocycles. The van der Waals surface area contributed by atoms with Crippen LogP contribution in [0.3, 0.4) is 0 Å². The zero-order valence-electron chi connectivity index (χ0n) is 14.0. The van der Waals surface area contributed by atoms with E-state index in [-0.39, 0.29) is 0 Å². The molecule has 1 aromatic carbocycles. The topological polar surface area (TPSA) is 61.8 Å². The van der Waals surface area contributed by atoms with E-state index < -0.39 is 0 Å². The highest BCUT2D eigenvalue weighted by atomic mass is 32.1. The van der Waals surface area contributed by atoms with Gasteiger partial charge in [-0.2, -0.15) is 0 Å². The maximum absolute atomic E-state index is 5.31. The van der Waals surface area contributed by atoms with Gasteiger partial charge >= 0.3 is 0 Å². The summed E-state index contributed by atoms with van der Waals surface area (Å²) >= 11 is 1.64. The zero-order valence-corrected chi connectivity index (χ0v) is 14.8. The largest absolute Gasteiger partial charge is 0.497 e. The molecule has 2 heterocycles. The van der Waals surface area contributed by atoms with E-state index in [4.69, 9.17) is 4.74 Å². The Kier molecular flexibility index (Phi) is 5.53. The number of hydrogen-bond donors (Lipinski definition) is 2. The molecule has 0 bridgehead atoms. The summed E-state index contributed by atoms with van der Waals surface area (Å²) in [6.45, 7) is 2.67. The minimum absolute atomic E-state index is 0.374. The summed E-state index contributed by atoms with van der Waals surface area (Å²) in [5.74, 6) is 1.72. The third-order valence-electron chi connectivity index (χ3n) is 4.06. The first kappa shape index (κ1) is 16.6. The second-order valence-electron chi connectivity index (χ2n) is 5.63. The fraction of sp³-hybridized carbons (Fsp3) is 0.412. The lowest BCUT2D eigenvalue weighted by Gasteiger charge is -2.20. The van der Waals surface area contributed by atoms with Crippen molar-refractivity contribution in [3.63, 3.8) is 0 Å². The predicted molar refractivity (Wildman–Crippen MR) is 99.1 cm³/mol. The highest BCUT2D eigenvalue weighted by Gasteiger charge is 2.23. The SMILES string of the molecule is CN=C(NCc1nccs1)NC1CCN(c2cccc(OC)c2)C1. The zero-order chi connectivity index (χ0) is 16.8. The number of hydrogen-bond acceptors (Lipinski definition) is 5. The molecule has 7 heteroatoms. The monoisotopic (exact) mass is 345 g/mol. The number of methoxy groups -OCH3 is 1. The van der Waals surface area contributed by atoms with Crippen molar-refractivity contribution in [2.24, 2.45) is 4.99 Å². The lowest BCUT2D eigenvalue weighted by Crippen LogP contribution is -2.44. The van der Waals surface area contributed by atoms with Crippen LogP contribution in [0.5, 0.6) is 5.75 Å². The summed E-state index contributed by atoms with van der Waals surface area (Å²) in [6, 6.07) is 8.58. The molecule has 128 valence electrons. The second-order valence-corrected chi connectivity index (χ2v) is 6.61. The smallest absolute Gasteiger partial charge is 0.191 e. The molecule has 2 N–H and O–H groups in total. The Bertz CT molecular complexity index is 673. The van der Waals surface area contributed by atoms with E-state index in [1.54, 1.807) is 25.5 Å². The molecule has 1 saturated heterocycles. The minimum Gasteiger partial charge on any atom is -0.497 e. The van der Waals surface area contributed by atoms with Crippen LogP contribution in [0.2, 0.25) is 0 Å². The quantitative estimate of drug-likeness (QED) is 0.642. The first-order valence-electron chi connectivity index (χ1n) is 8.03. The van der Waals surface area contributed by atoms with E-state index in [2.05, 4.69) is 37.6 Å². The molecular weight excluding hydrogens is 322 g/mol. The van der Waals surface area contributed by atoms with Gasteiger partial charge in [-0.15, -0.1) is 11.3 Å². The highest BCUT2D eigenvalue weighted by molar-refractivity contribution is 7.09. The van der Waals surface area contributed by atoms with E-state index in [9.17, 15) is 0 Å². The number of nitrogens with zero attached hydrogens (tertiary/aromatic N) is 3. The van der Waals surface area contributed by atoms with Crippen molar-refractivity contribution in [2.45, 2.75) is 19.0 Å². The number of nitrogens with one attached hydrogen (secondary N) is 2. The normalized spacial score (nSPS) is 17.8. The average Bonchev–Trinajstić information content (AvgIpc) is 3.30. The highest BCUT2D eigenvalue weighted by Crippen LogP contribution is 2.24. The van der Waals surface area contributed by atoms with Crippen LogP contribution in [0.25, 0.3) is 0 Å². The molecule has 1 aliphatic rings. The fourth-order valence-corrected chi connectivity index (χ4v) is 3.36. The Morgan fingerprint density at radius 2 is 2.42 bits per heavy atom. The Hall–Kier alpha value is -2.28. The van der Waals surface area contributed by atoms with Crippen molar-refractivity contribution in [1.29, 1.82) is 0 Å². The van der Waals surface area contributed by atoms with E-state index >= 15 is 0 Å². The van der Waals surface area contributed by atoms with Crippen molar-refractivity contribution >= 4 is 23.0 Å². The molecular formula is C17H23N5OS. The molecule has 0 radical (unpaired) electrons. The second kappa shape index (κ2) is 8.01. The van der Waals surface area contributed by atoms with Crippen molar-refractivity contribution in [3.8, 4) is 5.75 Å². The van der Waals surface area contributed by atoms with Crippen LogP contribution in [-0.2, 0) is 6.54 Å². The van der Waals surface area contributed by atoms with E-state index in [0.29, 0.717) is 12.6 Å². The Balaban J connectivity index is 1.52. The summed E-state index contributed by atoms with van der Waals surface area (Å²) in [5.41, 5.74) is 1.20. The molecule has 6 nitrogen and oxygen atoms in total. The molecule has 1 unspecified atom stereocenters. The molecule has 24 heavy (non-hydrogen) atoms. The molecule has 0 aliphatic carbocycles. The number of ether oxygens (including phenoxy) is 1. The standard InChI is InChI=1S/C17H23N5OS/c1-18-17(20-11-16-19-7-9-24-16)21-13-6-8-22(12-13)14-4-3-5-15(10-14)23-2/h3-5,7,9-10,13H,6,8,11-12H2,1-2H3,(H2,18,20,21). The van der Waals surface area contributed by atoms with E-state index in [0.717, 1.165) is 36.2 Å². The Labute approximate surface area is 146 Å². The molecule has 1 aromatic heterocycles. The molecule has 1 fully saturated rings. The van der Waals surface area contributed by atoms with Gasteiger partial charge in [0.1, 0.15) is 10.8 Å². The van der Waals surface area contributed by atoms with Crippen molar-refractivity contribution in [3.05, 3.63) is 40.8 Å².